The minimum absolute atomic E-state index is 0.216. The average molecular weight is 190 g/mol. The number of aromatic amines is 1. The van der Waals surface area contributed by atoms with Crippen molar-refractivity contribution in [1.29, 1.82) is 0 Å². The van der Waals surface area contributed by atoms with Crippen molar-refractivity contribution in [2.75, 3.05) is 12.4 Å². The smallest absolute Gasteiger partial charge is 0.352 e. The van der Waals surface area contributed by atoms with Gasteiger partial charge in [-0.25, -0.2) is 4.79 Å². The Balaban J connectivity index is 2.60. The fourth-order valence-corrected chi connectivity index (χ4v) is 1.40. The second kappa shape index (κ2) is 3.06. The highest BCUT2D eigenvalue weighted by Crippen LogP contribution is 2.19. The summed E-state index contributed by atoms with van der Waals surface area (Å²) in [6, 6.07) is 7.27. The number of carboxylic acids is 1. The summed E-state index contributed by atoms with van der Waals surface area (Å²) in [4.78, 5) is 13.5. The lowest BCUT2D eigenvalue weighted by Crippen LogP contribution is -1.94. The van der Waals surface area contributed by atoms with E-state index in [0.29, 0.717) is 0 Å². The highest BCUT2D eigenvalue weighted by Gasteiger charge is 2.06. The zero-order valence-corrected chi connectivity index (χ0v) is 7.66. The van der Waals surface area contributed by atoms with Gasteiger partial charge in [-0.1, -0.05) is 0 Å². The van der Waals surface area contributed by atoms with E-state index in [4.69, 9.17) is 5.11 Å². The Morgan fingerprint density at radius 2 is 2.21 bits per heavy atom. The molecule has 0 atom stereocenters. The highest BCUT2D eigenvalue weighted by atomic mass is 16.4. The predicted molar refractivity (Wildman–Crippen MR) is 54.8 cm³/mol. The van der Waals surface area contributed by atoms with Crippen LogP contribution in [-0.2, 0) is 0 Å². The molecular weight excluding hydrogens is 180 g/mol. The van der Waals surface area contributed by atoms with Gasteiger partial charge in [0.15, 0.2) is 0 Å². The van der Waals surface area contributed by atoms with E-state index in [9.17, 15) is 4.79 Å². The molecule has 4 nitrogen and oxygen atoms in total. The molecule has 72 valence electrons. The SMILES string of the molecule is CNc1ccc2[nH]c(C(=O)O)cc2c1. The Labute approximate surface area is 80.6 Å². The summed E-state index contributed by atoms with van der Waals surface area (Å²) in [7, 11) is 1.83. The molecule has 0 aliphatic heterocycles. The van der Waals surface area contributed by atoms with Gasteiger partial charge in [0.05, 0.1) is 0 Å². The molecule has 0 bridgehead atoms. The number of hydrogen-bond acceptors (Lipinski definition) is 2. The molecule has 1 aromatic carbocycles. The topological polar surface area (TPSA) is 65.1 Å². The van der Waals surface area contributed by atoms with Gasteiger partial charge in [0.2, 0.25) is 0 Å². The lowest BCUT2D eigenvalue weighted by atomic mass is 10.2. The summed E-state index contributed by atoms with van der Waals surface area (Å²) < 4.78 is 0. The summed E-state index contributed by atoms with van der Waals surface area (Å²) >= 11 is 0. The fraction of sp³-hybridized carbons (Fsp3) is 0.100. The van der Waals surface area contributed by atoms with Gasteiger partial charge in [0.25, 0.3) is 0 Å². The molecule has 0 spiro atoms. The third-order valence-electron chi connectivity index (χ3n) is 2.14. The van der Waals surface area contributed by atoms with Crippen LogP contribution in [0.15, 0.2) is 24.3 Å². The minimum Gasteiger partial charge on any atom is -0.477 e. The Hall–Kier alpha value is -1.97. The maximum atomic E-state index is 10.7. The van der Waals surface area contributed by atoms with Gasteiger partial charge in [0, 0.05) is 23.6 Å². The first-order valence-corrected chi connectivity index (χ1v) is 4.24. The van der Waals surface area contributed by atoms with E-state index in [-0.39, 0.29) is 5.69 Å². The van der Waals surface area contributed by atoms with Gasteiger partial charge in [-0.2, -0.15) is 0 Å². The number of rotatable bonds is 2. The van der Waals surface area contributed by atoms with Crippen molar-refractivity contribution in [2.24, 2.45) is 0 Å². The first kappa shape index (κ1) is 8.62. The second-order valence-electron chi connectivity index (χ2n) is 3.04. The van der Waals surface area contributed by atoms with E-state index in [0.717, 1.165) is 16.6 Å². The second-order valence-corrected chi connectivity index (χ2v) is 3.04. The summed E-state index contributed by atoms with van der Waals surface area (Å²) in [5.74, 6) is -0.938. The van der Waals surface area contributed by atoms with Gasteiger partial charge < -0.3 is 15.4 Å². The van der Waals surface area contributed by atoms with E-state index >= 15 is 0 Å². The lowest BCUT2D eigenvalue weighted by Gasteiger charge is -1.97. The molecule has 0 aliphatic carbocycles. The Morgan fingerprint density at radius 3 is 2.86 bits per heavy atom. The third kappa shape index (κ3) is 1.31. The van der Waals surface area contributed by atoms with Crippen LogP contribution in [0.4, 0.5) is 5.69 Å². The maximum Gasteiger partial charge on any atom is 0.352 e. The molecule has 0 aliphatic rings. The van der Waals surface area contributed by atoms with E-state index in [1.807, 2.05) is 25.2 Å². The molecule has 1 aromatic heterocycles. The fourth-order valence-electron chi connectivity index (χ4n) is 1.40. The standard InChI is InChI=1S/C10H10N2O2/c1-11-7-2-3-8-6(4-7)5-9(12-8)10(13)14/h2-5,11-12H,1H3,(H,13,14). The van der Waals surface area contributed by atoms with E-state index in [1.165, 1.54) is 0 Å². The maximum absolute atomic E-state index is 10.7. The number of aromatic carboxylic acids is 1. The number of carboxylic acid groups (broad SMARTS) is 1. The van der Waals surface area contributed by atoms with Crippen molar-refractivity contribution in [3.8, 4) is 0 Å². The largest absolute Gasteiger partial charge is 0.477 e. The van der Waals surface area contributed by atoms with Crippen LogP contribution in [0.25, 0.3) is 10.9 Å². The quantitative estimate of drug-likeness (QED) is 0.677. The van der Waals surface area contributed by atoms with Crippen molar-refractivity contribution in [3.63, 3.8) is 0 Å². The van der Waals surface area contributed by atoms with Crippen molar-refractivity contribution in [1.82, 2.24) is 4.98 Å². The van der Waals surface area contributed by atoms with Crippen LogP contribution in [0, 0.1) is 0 Å². The number of benzene rings is 1. The predicted octanol–water partition coefficient (Wildman–Crippen LogP) is 1.91. The van der Waals surface area contributed by atoms with Gasteiger partial charge in [-0.15, -0.1) is 0 Å². The number of hydrogen-bond donors (Lipinski definition) is 3. The van der Waals surface area contributed by atoms with Crippen LogP contribution in [0.2, 0.25) is 0 Å². The number of aromatic nitrogens is 1. The highest BCUT2D eigenvalue weighted by molar-refractivity contribution is 5.94. The molecule has 1 heterocycles. The van der Waals surface area contributed by atoms with E-state index in [2.05, 4.69) is 10.3 Å². The number of carbonyl (C=O) groups is 1. The summed E-state index contributed by atoms with van der Waals surface area (Å²) in [6.45, 7) is 0. The molecule has 2 aromatic rings. The number of H-pyrrole nitrogens is 1. The molecule has 0 amide bonds. The number of fused-ring (bicyclic) bond motifs is 1. The summed E-state index contributed by atoms with van der Waals surface area (Å²) in [5.41, 5.74) is 2.02. The van der Waals surface area contributed by atoms with E-state index < -0.39 is 5.97 Å². The third-order valence-corrected chi connectivity index (χ3v) is 2.14. The van der Waals surface area contributed by atoms with Crippen LogP contribution in [-0.4, -0.2) is 23.1 Å². The summed E-state index contributed by atoms with van der Waals surface area (Å²) in [6.07, 6.45) is 0. The lowest BCUT2D eigenvalue weighted by molar-refractivity contribution is 0.0691. The van der Waals surface area contributed by atoms with Crippen molar-refractivity contribution < 1.29 is 9.90 Å². The van der Waals surface area contributed by atoms with Gasteiger partial charge >= 0.3 is 5.97 Å². The molecule has 2 rings (SSSR count). The van der Waals surface area contributed by atoms with Crippen molar-refractivity contribution in [2.45, 2.75) is 0 Å². The van der Waals surface area contributed by atoms with Crippen molar-refractivity contribution >= 4 is 22.6 Å². The van der Waals surface area contributed by atoms with Crippen LogP contribution in [0.1, 0.15) is 10.5 Å². The first-order chi connectivity index (χ1) is 6.70. The van der Waals surface area contributed by atoms with Crippen molar-refractivity contribution in [3.05, 3.63) is 30.0 Å². The zero-order chi connectivity index (χ0) is 10.1. The molecule has 0 saturated heterocycles. The van der Waals surface area contributed by atoms with Gasteiger partial charge in [-0.3, -0.25) is 0 Å². The molecule has 0 fully saturated rings. The molecule has 14 heavy (non-hydrogen) atoms. The molecule has 3 N–H and O–H groups in total. The van der Waals surface area contributed by atoms with Crippen LogP contribution in [0.3, 0.4) is 0 Å². The summed E-state index contributed by atoms with van der Waals surface area (Å²) in [5, 5.41) is 12.7. The Bertz CT molecular complexity index is 488. The molecular formula is C10H10N2O2. The van der Waals surface area contributed by atoms with E-state index in [1.54, 1.807) is 6.07 Å². The first-order valence-electron chi connectivity index (χ1n) is 4.24. The monoisotopic (exact) mass is 190 g/mol. The Kier molecular flexibility index (Phi) is 1.89. The van der Waals surface area contributed by atoms with Gasteiger partial charge in [0.1, 0.15) is 5.69 Å². The number of nitrogens with one attached hydrogen (secondary N) is 2. The minimum atomic E-state index is -0.938. The van der Waals surface area contributed by atoms with Gasteiger partial charge in [-0.05, 0) is 24.3 Å². The number of anilines is 1. The van der Waals surface area contributed by atoms with Crippen LogP contribution < -0.4 is 5.32 Å². The average Bonchev–Trinajstić information content (AvgIpc) is 2.59. The normalized spacial score (nSPS) is 10.4. The molecule has 0 radical (unpaired) electrons. The van der Waals surface area contributed by atoms with Crippen LogP contribution >= 0.6 is 0 Å². The molecule has 4 heteroatoms. The van der Waals surface area contributed by atoms with Crippen LogP contribution in [0.5, 0.6) is 0 Å². The molecule has 0 saturated carbocycles. The molecule has 0 unspecified atom stereocenters. The Morgan fingerprint density at radius 1 is 1.43 bits per heavy atom. The zero-order valence-electron chi connectivity index (χ0n) is 7.66.